The summed E-state index contributed by atoms with van der Waals surface area (Å²) in [4.78, 5) is 28.4. The molecule has 8 nitrogen and oxygen atoms in total. The third-order valence-electron chi connectivity index (χ3n) is 4.43. The molecule has 1 aromatic carbocycles. The molecule has 1 amide bonds. The van der Waals surface area contributed by atoms with Gasteiger partial charge in [-0.1, -0.05) is 18.2 Å². The molecule has 0 spiro atoms. The zero-order chi connectivity index (χ0) is 19.9. The number of para-hydroxylation sites is 2. The molecule has 4 aromatic rings. The van der Waals surface area contributed by atoms with Crippen LogP contribution in [0, 0.1) is 0 Å². The van der Waals surface area contributed by atoms with Crippen LogP contribution >= 0.6 is 37.2 Å². The number of aromatic amines is 1. The summed E-state index contributed by atoms with van der Waals surface area (Å²) in [6, 6.07) is 13.6. The number of hydrogen-bond donors (Lipinski definition) is 3. The molecule has 172 valence electrons. The van der Waals surface area contributed by atoms with Gasteiger partial charge in [-0.25, -0.2) is 9.97 Å². The van der Waals surface area contributed by atoms with Gasteiger partial charge in [0.05, 0.1) is 23.3 Å². The lowest BCUT2D eigenvalue weighted by molar-refractivity contribution is 0.0945. The molecule has 4 rings (SSSR count). The zero-order valence-corrected chi connectivity index (χ0v) is 19.6. The van der Waals surface area contributed by atoms with Crippen molar-refractivity contribution in [2.24, 2.45) is 0 Å². The summed E-state index contributed by atoms with van der Waals surface area (Å²) in [5.74, 6) is 1.22. The normalized spacial score (nSPS) is 10.0. The van der Waals surface area contributed by atoms with Gasteiger partial charge in [0.1, 0.15) is 12.1 Å². The molecule has 3 aromatic heterocycles. The van der Waals surface area contributed by atoms with Crippen LogP contribution in [0.1, 0.15) is 27.9 Å². The molecule has 11 heteroatoms. The number of carbonyl (C=O) groups excluding carboxylic acids is 1. The average molecular weight is 500 g/mol. The van der Waals surface area contributed by atoms with Crippen LogP contribution in [0.15, 0.2) is 59.3 Å². The molecule has 0 saturated carbocycles. The Morgan fingerprint density at radius 2 is 1.75 bits per heavy atom. The van der Waals surface area contributed by atoms with Gasteiger partial charge in [-0.15, -0.1) is 37.2 Å². The lowest BCUT2D eigenvalue weighted by Gasteiger charge is -2.02. The van der Waals surface area contributed by atoms with E-state index < -0.39 is 0 Å². The molecule has 3 N–H and O–H groups in total. The molecule has 3 heterocycles. The molecule has 0 aliphatic carbocycles. The summed E-state index contributed by atoms with van der Waals surface area (Å²) in [5, 5.41) is 6.13. The number of imidazole rings is 1. The first-order valence-electron chi connectivity index (χ1n) is 9.55. The standard InChI is InChI=1S/C21H22N6O2.3ClH/c28-21(24-13-15-5-3-4-10-23-15)18-14-29-20(27-18)9-12-22-11-8-19-25-16-6-1-2-7-17(16)26-19;;;/h1-7,10,14,22H,8-9,11-13H2,(H,24,28)(H,25,26);3*1H. The van der Waals surface area contributed by atoms with E-state index in [2.05, 4.69) is 30.6 Å². The SMILES string of the molecule is Cl.Cl.Cl.O=C(NCc1ccccn1)c1coc(CCNCCc2nc3ccccc3[nH]2)n1. The monoisotopic (exact) mass is 498 g/mol. The molecule has 32 heavy (non-hydrogen) atoms. The molecule has 0 aliphatic heterocycles. The van der Waals surface area contributed by atoms with E-state index in [1.165, 1.54) is 6.26 Å². The molecule has 0 atom stereocenters. The number of H-pyrrole nitrogens is 1. The van der Waals surface area contributed by atoms with Gasteiger partial charge in [0.25, 0.3) is 5.91 Å². The second-order valence-corrected chi connectivity index (χ2v) is 6.58. The number of amides is 1. The summed E-state index contributed by atoms with van der Waals surface area (Å²) < 4.78 is 5.40. The average Bonchev–Trinajstić information content (AvgIpc) is 3.39. The number of halogens is 3. The molecule has 0 bridgehead atoms. The number of benzene rings is 1. The number of nitrogens with one attached hydrogen (secondary N) is 3. The first-order valence-corrected chi connectivity index (χ1v) is 9.55. The number of fused-ring (bicyclic) bond motifs is 1. The van der Waals surface area contributed by atoms with Crippen molar-refractivity contribution < 1.29 is 9.21 Å². The third kappa shape index (κ3) is 7.49. The van der Waals surface area contributed by atoms with Crippen LogP contribution in [0.3, 0.4) is 0 Å². The van der Waals surface area contributed by atoms with Gasteiger partial charge in [-0.2, -0.15) is 0 Å². The second kappa shape index (κ2) is 13.7. The van der Waals surface area contributed by atoms with Crippen LogP contribution < -0.4 is 10.6 Å². The predicted octanol–water partition coefficient (Wildman–Crippen LogP) is 3.52. The van der Waals surface area contributed by atoms with E-state index in [0.29, 0.717) is 25.4 Å². The fourth-order valence-corrected chi connectivity index (χ4v) is 2.95. The predicted molar refractivity (Wildman–Crippen MR) is 130 cm³/mol. The number of hydrogen-bond acceptors (Lipinski definition) is 6. The van der Waals surface area contributed by atoms with Crippen molar-refractivity contribution in [3.63, 3.8) is 0 Å². The minimum atomic E-state index is -0.275. The highest BCUT2D eigenvalue weighted by atomic mass is 35.5. The van der Waals surface area contributed by atoms with Gasteiger partial charge in [0.15, 0.2) is 11.6 Å². The zero-order valence-electron chi connectivity index (χ0n) is 17.1. The van der Waals surface area contributed by atoms with Crippen LogP contribution in [0.25, 0.3) is 11.0 Å². The van der Waals surface area contributed by atoms with Crippen molar-refractivity contribution >= 4 is 54.2 Å². The Kier molecular flexibility index (Phi) is 11.7. The minimum Gasteiger partial charge on any atom is -0.448 e. The van der Waals surface area contributed by atoms with Crippen LogP contribution in [-0.4, -0.2) is 38.9 Å². The third-order valence-corrected chi connectivity index (χ3v) is 4.43. The maximum absolute atomic E-state index is 12.2. The smallest absolute Gasteiger partial charge is 0.273 e. The van der Waals surface area contributed by atoms with Gasteiger partial charge in [-0.05, 0) is 24.3 Å². The van der Waals surface area contributed by atoms with Crippen molar-refractivity contribution in [3.8, 4) is 0 Å². The largest absolute Gasteiger partial charge is 0.448 e. The quantitative estimate of drug-likeness (QED) is 0.304. The highest BCUT2D eigenvalue weighted by Gasteiger charge is 2.12. The van der Waals surface area contributed by atoms with Gasteiger partial charge < -0.3 is 20.0 Å². The number of pyridine rings is 1. The van der Waals surface area contributed by atoms with E-state index in [4.69, 9.17) is 4.42 Å². The highest BCUT2D eigenvalue weighted by Crippen LogP contribution is 2.10. The molecule has 0 saturated heterocycles. The van der Waals surface area contributed by atoms with E-state index in [0.717, 1.165) is 35.5 Å². The van der Waals surface area contributed by atoms with Gasteiger partial charge in [0.2, 0.25) is 0 Å². The fraction of sp³-hybridized carbons (Fsp3) is 0.238. The van der Waals surface area contributed by atoms with Crippen molar-refractivity contribution in [1.29, 1.82) is 0 Å². The van der Waals surface area contributed by atoms with Crippen LogP contribution in [0.4, 0.5) is 0 Å². The van der Waals surface area contributed by atoms with Crippen molar-refractivity contribution in [2.45, 2.75) is 19.4 Å². The van der Waals surface area contributed by atoms with Gasteiger partial charge in [-0.3, -0.25) is 9.78 Å². The Morgan fingerprint density at radius 1 is 0.969 bits per heavy atom. The summed E-state index contributed by atoms with van der Waals surface area (Å²) in [7, 11) is 0. The van der Waals surface area contributed by atoms with Gasteiger partial charge >= 0.3 is 0 Å². The van der Waals surface area contributed by atoms with E-state index in [1.54, 1.807) is 6.20 Å². The Morgan fingerprint density at radius 3 is 2.53 bits per heavy atom. The lowest BCUT2D eigenvalue weighted by atomic mass is 10.3. The van der Waals surface area contributed by atoms with Crippen LogP contribution in [0.2, 0.25) is 0 Å². The molecule has 0 fully saturated rings. The number of aromatic nitrogens is 4. The van der Waals surface area contributed by atoms with Crippen LogP contribution in [0.5, 0.6) is 0 Å². The number of rotatable bonds is 9. The topological polar surface area (TPSA) is 109 Å². The number of oxazole rings is 1. The fourth-order valence-electron chi connectivity index (χ4n) is 2.95. The Bertz CT molecular complexity index is 1050. The van der Waals surface area contributed by atoms with E-state index in [9.17, 15) is 4.79 Å². The van der Waals surface area contributed by atoms with E-state index in [-0.39, 0.29) is 48.8 Å². The van der Waals surface area contributed by atoms with E-state index in [1.807, 2.05) is 42.5 Å². The Hall–Kier alpha value is -2.65. The molecule has 0 radical (unpaired) electrons. The molecular formula is C21H25Cl3N6O2. The first-order chi connectivity index (χ1) is 14.3. The molecule has 0 unspecified atom stereocenters. The molecule has 0 aliphatic rings. The van der Waals surface area contributed by atoms with Crippen molar-refractivity contribution in [3.05, 3.63) is 78.0 Å². The summed E-state index contributed by atoms with van der Waals surface area (Å²) in [5.41, 5.74) is 3.10. The summed E-state index contributed by atoms with van der Waals surface area (Å²) in [6.45, 7) is 1.85. The Balaban J connectivity index is 0.00000171. The van der Waals surface area contributed by atoms with Crippen LogP contribution in [-0.2, 0) is 19.4 Å². The highest BCUT2D eigenvalue weighted by molar-refractivity contribution is 5.91. The summed E-state index contributed by atoms with van der Waals surface area (Å²) in [6.07, 6.45) is 4.49. The molecular weight excluding hydrogens is 475 g/mol. The lowest BCUT2D eigenvalue weighted by Crippen LogP contribution is -2.24. The minimum absolute atomic E-state index is 0. The Labute approximate surface area is 204 Å². The second-order valence-electron chi connectivity index (χ2n) is 6.58. The number of nitrogens with zero attached hydrogens (tertiary/aromatic N) is 3. The number of carbonyl (C=O) groups is 1. The maximum atomic E-state index is 12.2. The summed E-state index contributed by atoms with van der Waals surface area (Å²) >= 11 is 0. The van der Waals surface area contributed by atoms with E-state index >= 15 is 0 Å². The maximum Gasteiger partial charge on any atom is 0.273 e. The van der Waals surface area contributed by atoms with Crippen molar-refractivity contribution in [2.75, 3.05) is 13.1 Å². The van der Waals surface area contributed by atoms with Crippen molar-refractivity contribution in [1.82, 2.24) is 30.6 Å². The van der Waals surface area contributed by atoms with Gasteiger partial charge in [0, 0.05) is 32.1 Å². The first kappa shape index (κ1) is 27.4.